The van der Waals surface area contributed by atoms with Gasteiger partial charge < -0.3 is 19.5 Å². The number of aryl methyl sites for hydroxylation is 1. The Balaban J connectivity index is 1.75. The van der Waals surface area contributed by atoms with Gasteiger partial charge in [0, 0.05) is 18.2 Å². The number of aromatic nitrogens is 1. The lowest BCUT2D eigenvalue weighted by atomic mass is 10.0. The second kappa shape index (κ2) is 8.90. The van der Waals surface area contributed by atoms with E-state index in [0.717, 1.165) is 18.8 Å². The van der Waals surface area contributed by atoms with Crippen molar-refractivity contribution in [1.29, 1.82) is 0 Å². The fraction of sp³-hybridized carbons (Fsp3) is 0.476. The zero-order valence-electron chi connectivity index (χ0n) is 15.8. The first-order valence-electron chi connectivity index (χ1n) is 9.36. The van der Waals surface area contributed by atoms with E-state index >= 15 is 0 Å². The SMILES string of the molecule is Cc1ccc(OC[C@H]2CCCNC2)c(Oc2ccccc2OC(C)C)n1. The van der Waals surface area contributed by atoms with Crippen molar-refractivity contribution in [2.75, 3.05) is 19.7 Å². The van der Waals surface area contributed by atoms with Crippen LogP contribution < -0.4 is 19.5 Å². The van der Waals surface area contributed by atoms with Gasteiger partial charge in [0.05, 0.1) is 12.7 Å². The average Bonchev–Trinajstić information content (AvgIpc) is 2.63. The normalized spacial score (nSPS) is 17.2. The molecule has 1 fully saturated rings. The summed E-state index contributed by atoms with van der Waals surface area (Å²) in [5, 5.41) is 3.42. The molecule has 1 aliphatic rings. The molecule has 1 N–H and O–H groups in total. The minimum atomic E-state index is 0.0692. The van der Waals surface area contributed by atoms with Crippen molar-refractivity contribution in [1.82, 2.24) is 10.3 Å². The maximum atomic E-state index is 6.09. The van der Waals surface area contributed by atoms with Gasteiger partial charge in [-0.1, -0.05) is 12.1 Å². The predicted octanol–water partition coefficient (Wildman–Crippen LogP) is 4.35. The second-order valence-electron chi connectivity index (χ2n) is 6.99. The highest BCUT2D eigenvalue weighted by Crippen LogP contribution is 2.35. The van der Waals surface area contributed by atoms with Crippen LogP contribution in [0.3, 0.4) is 0 Å². The maximum absolute atomic E-state index is 6.09. The number of benzene rings is 1. The standard InChI is InChI=1S/C21H28N2O3/c1-15(2)25-18-8-4-5-9-19(18)26-21-20(11-10-16(3)23-21)24-14-17-7-6-12-22-13-17/h4-5,8-11,15,17,22H,6-7,12-14H2,1-3H3/t17-/m0/s1. The highest BCUT2D eigenvalue weighted by Gasteiger charge is 2.17. The lowest BCUT2D eigenvalue weighted by Crippen LogP contribution is -2.33. The highest BCUT2D eigenvalue weighted by atomic mass is 16.5. The minimum absolute atomic E-state index is 0.0692. The van der Waals surface area contributed by atoms with Crippen molar-refractivity contribution in [3.8, 4) is 23.1 Å². The van der Waals surface area contributed by atoms with Gasteiger partial charge in [0.2, 0.25) is 0 Å². The van der Waals surface area contributed by atoms with Crippen molar-refractivity contribution < 1.29 is 14.2 Å². The Morgan fingerprint density at radius 1 is 1.12 bits per heavy atom. The number of rotatable bonds is 7. The monoisotopic (exact) mass is 356 g/mol. The molecule has 2 heterocycles. The Kier molecular flexibility index (Phi) is 6.34. The number of para-hydroxylation sites is 2. The van der Waals surface area contributed by atoms with E-state index in [-0.39, 0.29) is 6.10 Å². The number of hydrogen-bond donors (Lipinski definition) is 1. The molecule has 0 saturated carbocycles. The van der Waals surface area contributed by atoms with Crippen LogP contribution in [-0.2, 0) is 0 Å². The zero-order chi connectivity index (χ0) is 18.4. The van der Waals surface area contributed by atoms with Crippen LogP contribution in [0.4, 0.5) is 0 Å². The zero-order valence-corrected chi connectivity index (χ0v) is 15.8. The van der Waals surface area contributed by atoms with E-state index in [4.69, 9.17) is 14.2 Å². The third-order valence-electron chi connectivity index (χ3n) is 4.26. The van der Waals surface area contributed by atoms with E-state index in [1.165, 1.54) is 12.8 Å². The van der Waals surface area contributed by atoms with Crippen molar-refractivity contribution in [3.63, 3.8) is 0 Å². The predicted molar refractivity (Wildman–Crippen MR) is 102 cm³/mol. The lowest BCUT2D eigenvalue weighted by Gasteiger charge is -2.23. The van der Waals surface area contributed by atoms with E-state index < -0.39 is 0 Å². The molecule has 140 valence electrons. The molecule has 0 bridgehead atoms. The van der Waals surface area contributed by atoms with Gasteiger partial charge in [-0.25, -0.2) is 4.98 Å². The van der Waals surface area contributed by atoms with Crippen molar-refractivity contribution in [2.45, 2.75) is 39.7 Å². The van der Waals surface area contributed by atoms with E-state index in [1.807, 2.05) is 57.2 Å². The Morgan fingerprint density at radius 2 is 1.92 bits per heavy atom. The fourth-order valence-electron chi connectivity index (χ4n) is 2.97. The summed E-state index contributed by atoms with van der Waals surface area (Å²) < 4.78 is 18.0. The maximum Gasteiger partial charge on any atom is 0.262 e. The van der Waals surface area contributed by atoms with Crippen LogP contribution in [0.25, 0.3) is 0 Å². The summed E-state index contributed by atoms with van der Waals surface area (Å²) in [6.07, 6.45) is 2.46. The van der Waals surface area contributed by atoms with Crippen LogP contribution in [-0.4, -0.2) is 30.8 Å². The van der Waals surface area contributed by atoms with Crippen LogP contribution in [0.15, 0.2) is 36.4 Å². The summed E-state index contributed by atoms with van der Waals surface area (Å²) in [4.78, 5) is 4.53. The van der Waals surface area contributed by atoms with E-state index in [9.17, 15) is 0 Å². The number of nitrogens with zero attached hydrogens (tertiary/aromatic N) is 1. The van der Waals surface area contributed by atoms with Crippen molar-refractivity contribution in [2.24, 2.45) is 5.92 Å². The number of nitrogens with one attached hydrogen (secondary N) is 1. The van der Waals surface area contributed by atoms with Gasteiger partial charge in [-0.2, -0.15) is 0 Å². The minimum Gasteiger partial charge on any atom is -0.488 e. The lowest BCUT2D eigenvalue weighted by molar-refractivity contribution is 0.209. The van der Waals surface area contributed by atoms with Gasteiger partial charge in [0.25, 0.3) is 5.88 Å². The molecule has 2 aromatic rings. The first kappa shape index (κ1) is 18.5. The first-order chi connectivity index (χ1) is 12.6. The number of pyridine rings is 1. The quantitative estimate of drug-likeness (QED) is 0.799. The third kappa shape index (κ3) is 5.11. The Hall–Kier alpha value is -2.27. The van der Waals surface area contributed by atoms with Gasteiger partial charge in [-0.15, -0.1) is 0 Å². The Labute approximate surface area is 155 Å². The summed E-state index contributed by atoms with van der Waals surface area (Å²) in [6, 6.07) is 11.5. The summed E-state index contributed by atoms with van der Waals surface area (Å²) in [6.45, 7) is 8.70. The molecular weight excluding hydrogens is 328 g/mol. The summed E-state index contributed by atoms with van der Waals surface area (Å²) in [7, 11) is 0. The van der Waals surface area contributed by atoms with Crippen molar-refractivity contribution in [3.05, 3.63) is 42.1 Å². The molecule has 5 nitrogen and oxygen atoms in total. The molecule has 26 heavy (non-hydrogen) atoms. The number of ether oxygens (including phenoxy) is 3. The van der Waals surface area contributed by atoms with Crippen LogP contribution >= 0.6 is 0 Å². The molecule has 0 amide bonds. The molecule has 1 aliphatic heterocycles. The molecular formula is C21H28N2O3. The van der Waals surface area contributed by atoms with Crippen LogP contribution in [0, 0.1) is 12.8 Å². The van der Waals surface area contributed by atoms with E-state index in [2.05, 4.69) is 10.3 Å². The number of piperidine rings is 1. The van der Waals surface area contributed by atoms with E-state index in [1.54, 1.807) is 0 Å². The molecule has 0 spiro atoms. The van der Waals surface area contributed by atoms with Gasteiger partial charge in [-0.3, -0.25) is 0 Å². The summed E-state index contributed by atoms with van der Waals surface area (Å²) in [5.41, 5.74) is 0.883. The average molecular weight is 356 g/mol. The molecule has 1 atom stereocenters. The van der Waals surface area contributed by atoms with Gasteiger partial charge in [0.15, 0.2) is 17.2 Å². The molecule has 3 rings (SSSR count). The van der Waals surface area contributed by atoms with Gasteiger partial charge in [-0.05, 0) is 64.4 Å². The molecule has 5 heteroatoms. The summed E-state index contributed by atoms with van der Waals surface area (Å²) in [5.74, 6) is 3.01. The topological polar surface area (TPSA) is 52.6 Å². The fourth-order valence-corrected chi connectivity index (χ4v) is 2.97. The highest BCUT2D eigenvalue weighted by molar-refractivity contribution is 5.45. The Morgan fingerprint density at radius 3 is 2.65 bits per heavy atom. The van der Waals surface area contributed by atoms with Crippen molar-refractivity contribution >= 4 is 0 Å². The molecule has 0 unspecified atom stereocenters. The molecule has 0 radical (unpaired) electrons. The first-order valence-corrected chi connectivity index (χ1v) is 9.36. The molecule has 1 aromatic heterocycles. The van der Waals surface area contributed by atoms with Gasteiger partial charge in [0.1, 0.15) is 0 Å². The third-order valence-corrected chi connectivity index (χ3v) is 4.26. The van der Waals surface area contributed by atoms with Gasteiger partial charge >= 0.3 is 0 Å². The van der Waals surface area contributed by atoms with Crippen LogP contribution in [0.5, 0.6) is 23.1 Å². The summed E-state index contributed by atoms with van der Waals surface area (Å²) >= 11 is 0. The molecule has 1 saturated heterocycles. The number of hydrogen-bond acceptors (Lipinski definition) is 5. The van der Waals surface area contributed by atoms with Crippen LogP contribution in [0.2, 0.25) is 0 Å². The Bertz CT molecular complexity index is 712. The largest absolute Gasteiger partial charge is 0.488 e. The molecule has 1 aromatic carbocycles. The smallest absolute Gasteiger partial charge is 0.262 e. The van der Waals surface area contributed by atoms with E-state index in [0.29, 0.717) is 35.7 Å². The second-order valence-corrected chi connectivity index (χ2v) is 6.99. The van der Waals surface area contributed by atoms with Crippen LogP contribution in [0.1, 0.15) is 32.4 Å². The molecule has 0 aliphatic carbocycles.